The van der Waals surface area contributed by atoms with Crippen LogP contribution in [-0.4, -0.2) is 51.6 Å². The largest absolute Gasteiger partial charge is 0.394 e. The van der Waals surface area contributed by atoms with Crippen LogP contribution in [-0.2, 0) is 6.42 Å². The lowest BCUT2D eigenvalue weighted by Gasteiger charge is -2.23. The van der Waals surface area contributed by atoms with Crippen LogP contribution in [0.3, 0.4) is 0 Å². The van der Waals surface area contributed by atoms with Crippen LogP contribution in [0.15, 0.2) is 42.7 Å². The Labute approximate surface area is 135 Å². The van der Waals surface area contributed by atoms with Crippen molar-refractivity contribution in [3.63, 3.8) is 0 Å². The number of nitrogens with one attached hydrogen (secondary N) is 1. The Morgan fingerprint density at radius 2 is 2.17 bits per heavy atom. The average Bonchev–Trinajstić information content (AvgIpc) is 3.26. The number of carbonyl (C=O) groups is 1. The summed E-state index contributed by atoms with van der Waals surface area (Å²) in [5.41, 5.74) is 2.19. The zero-order chi connectivity index (χ0) is 16.1. The van der Waals surface area contributed by atoms with Crippen LogP contribution in [0.2, 0.25) is 0 Å². The number of aromatic nitrogens is 2. The molecule has 1 fully saturated rings. The minimum absolute atomic E-state index is 0.0247. The molecule has 6 heteroatoms. The van der Waals surface area contributed by atoms with E-state index in [9.17, 15) is 9.90 Å². The lowest BCUT2D eigenvalue weighted by Crippen LogP contribution is -2.44. The normalized spacial score (nSPS) is 17.4. The highest BCUT2D eigenvalue weighted by Gasteiger charge is 2.27. The van der Waals surface area contributed by atoms with Crippen molar-refractivity contribution in [3.05, 3.63) is 48.3 Å². The van der Waals surface area contributed by atoms with E-state index >= 15 is 0 Å². The fourth-order valence-corrected chi connectivity index (χ4v) is 2.95. The van der Waals surface area contributed by atoms with Crippen molar-refractivity contribution in [1.82, 2.24) is 20.0 Å². The number of likely N-dealkylation sites (tertiary alicyclic amines) is 1. The first kappa shape index (κ1) is 15.6. The van der Waals surface area contributed by atoms with Gasteiger partial charge in [0.2, 0.25) is 0 Å². The topological polar surface area (TPSA) is 70.4 Å². The second kappa shape index (κ2) is 7.28. The van der Waals surface area contributed by atoms with Crippen LogP contribution in [0.1, 0.15) is 18.4 Å². The number of hydrogen-bond acceptors (Lipinski definition) is 3. The van der Waals surface area contributed by atoms with Crippen LogP contribution >= 0.6 is 0 Å². The Hall–Kier alpha value is -2.34. The summed E-state index contributed by atoms with van der Waals surface area (Å²) in [6, 6.07) is 9.93. The van der Waals surface area contributed by atoms with E-state index in [0.29, 0.717) is 6.54 Å². The highest BCUT2D eigenvalue weighted by molar-refractivity contribution is 5.74. The molecule has 1 unspecified atom stereocenters. The quantitative estimate of drug-likeness (QED) is 0.880. The molecule has 0 saturated carbocycles. The summed E-state index contributed by atoms with van der Waals surface area (Å²) >= 11 is 0. The van der Waals surface area contributed by atoms with Gasteiger partial charge in [0.05, 0.1) is 18.3 Å². The Bertz CT molecular complexity index is 625. The molecule has 0 bridgehead atoms. The van der Waals surface area contributed by atoms with Crippen LogP contribution in [0, 0.1) is 0 Å². The van der Waals surface area contributed by atoms with Crippen LogP contribution in [0.25, 0.3) is 5.69 Å². The van der Waals surface area contributed by atoms with Gasteiger partial charge in [-0.25, -0.2) is 9.48 Å². The third-order valence-corrected chi connectivity index (χ3v) is 4.24. The van der Waals surface area contributed by atoms with Crippen molar-refractivity contribution in [2.45, 2.75) is 25.3 Å². The predicted molar refractivity (Wildman–Crippen MR) is 87.5 cm³/mol. The third kappa shape index (κ3) is 3.71. The Kier molecular flexibility index (Phi) is 4.92. The number of amides is 2. The van der Waals surface area contributed by atoms with Crippen LogP contribution in [0.4, 0.5) is 4.79 Å². The number of hydrogen-bond donors (Lipinski definition) is 2. The fourth-order valence-electron chi connectivity index (χ4n) is 2.95. The summed E-state index contributed by atoms with van der Waals surface area (Å²) in [6.45, 7) is 1.37. The van der Waals surface area contributed by atoms with Crippen LogP contribution < -0.4 is 5.32 Å². The Morgan fingerprint density at radius 3 is 2.87 bits per heavy atom. The summed E-state index contributed by atoms with van der Waals surface area (Å²) in [7, 11) is 0. The number of carbonyl (C=O) groups excluding carboxylic acids is 1. The number of aliphatic hydroxyl groups is 1. The van der Waals surface area contributed by atoms with E-state index in [1.165, 1.54) is 5.56 Å². The second-order valence-corrected chi connectivity index (χ2v) is 5.77. The molecule has 1 aliphatic heterocycles. The number of rotatable bonds is 5. The van der Waals surface area contributed by atoms with E-state index in [1.807, 2.05) is 29.1 Å². The van der Waals surface area contributed by atoms with E-state index in [2.05, 4.69) is 22.5 Å². The van der Waals surface area contributed by atoms with Gasteiger partial charge in [0.1, 0.15) is 0 Å². The van der Waals surface area contributed by atoms with Crippen molar-refractivity contribution in [2.24, 2.45) is 0 Å². The summed E-state index contributed by atoms with van der Waals surface area (Å²) in [4.78, 5) is 13.8. The zero-order valence-electron chi connectivity index (χ0n) is 13.1. The molecule has 1 aliphatic rings. The summed E-state index contributed by atoms with van der Waals surface area (Å²) in [6.07, 6.45) is 6.29. The molecule has 1 saturated heterocycles. The maximum Gasteiger partial charge on any atom is 0.317 e. The van der Waals surface area contributed by atoms with E-state index < -0.39 is 0 Å². The summed E-state index contributed by atoms with van der Waals surface area (Å²) in [5.74, 6) is 0. The van der Waals surface area contributed by atoms with Gasteiger partial charge < -0.3 is 15.3 Å². The van der Waals surface area contributed by atoms with Gasteiger partial charge in [-0.15, -0.1) is 0 Å². The van der Waals surface area contributed by atoms with Gasteiger partial charge >= 0.3 is 6.03 Å². The number of benzene rings is 1. The third-order valence-electron chi connectivity index (χ3n) is 4.24. The van der Waals surface area contributed by atoms with Gasteiger partial charge in [0.15, 0.2) is 0 Å². The van der Waals surface area contributed by atoms with Crippen LogP contribution in [0.5, 0.6) is 0 Å². The van der Waals surface area contributed by atoms with Crippen molar-refractivity contribution >= 4 is 6.03 Å². The SMILES string of the molecule is O=C(NCCc1ccc(-n2cccn2)cc1)N1CCCC1CO. The first-order valence-corrected chi connectivity index (χ1v) is 8.02. The number of nitrogens with zero attached hydrogens (tertiary/aromatic N) is 3. The highest BCUT2D eigenvalue weighted by Crippen LogP contribution is 2.16. The lowest BCUT2D eigenvalue weighted by atomic mass is 10.1. The minimum atomic E-state index is -0.0743. The molecule has 1 aromatic carbocycles. The smallest absolute Gasteiger partial charge is 0.317 e. The van der Waals surface area contributed by atoms with Gasteiger partial charge in [-0.3, -0.25) is 0 Å². The monoisotopic (exact) mass is 314 g/mol. The molecule has 122 valence electrons. The molecule has 6 nitrogen and oxygen atoms in total. The number of urea groups is 1. The van der Waals surface area contributed by atoms with Gasteiger partial charge in [-0.1, -0.05) is 12.1 Å². The molecule has 2 aromatic rings. The van der Waals surface area contributed by atoms with E-state index in [4.69, 9.17) is 0 Å². The second-order valence-electron chi connectivity index (χ2n) is 5.77. The molecule has 1 aromatic heterocycles. The molecular formula is C17H22N4O2. The van der Waals surface area contributed by atoms with Gasteiger partial charge in [-0.05, 0) is 43.0 Å². The van der Waals surface area contributed by atoms with Crippen molar-refractivity contribution in [1.29, 1.82) is 0 Å². The molecule has 0 spiro atoms. The fraction of sp³-hybridized carbons (Fsp3) is 0.412. The Balaban J connectivity index is 1.48. The lowest BCUT2D eigenvalue weighted by molar-refractivity contribution is 0.157. The molecule has 1 atom stereocenters. The maximum atomic E-state index is 12.1. The van der Waals surface area contributed by atoms with E-state index in [-0.39, 0.29) is 18.7 Å². The predicted octanol–water partition coefficient (Wildman–Crippen LogP) is 1.58. The zero-order valence-corrected chi connectivity index (χ0v) is 13.1. The van der Waals surface area contributed by atoms with Crippen molar-refractivity contribution in [2.75, 3.05) is 19.7 Å². The standard InChI is InChI=1S/C17H22N4O2/c22-13-16-3-1-11-20(16)17(23)18-10-8-14-4-6-15(7-5-14)21-12-2-9-19-21/h2,4-7,9,12,16,22H,1,3,8,10-11,13H2,(H,18,23). The van der Waals surface area contributed by atoms with Gasteiger partial charge in [0, 0.05) is 25.5 Å². The van der Waals surface area contributed by atoms with E-state index in [0.717, 1.165) is 31.5 Å². The first-order valence-electron chi connectivity index (χ1n) is 8.02. The molecule has 3 rings (SSSR count). The van der Waals surface area contributed by atoms with E-state index in [1.54, 1.807) is 11.1 Å². The molecule has 2 N–H and O–H groups in total. The van der Waals surface area contributed by atoms with Crippen molar-refractivity contribution < 1.29 is 9.90 Å². The molecule has 23 heavy (non-hydrogen) atoms. The highest BCUT2D eigenvalue weighted by atomic mass is 16.3. The average molecular weight is 314 g/mol. The molecular weight excluding hydrogens is 292 g/mol. The van der Waals surface area contributed by atoms with Gasteiger partial charge in [-0.2, -0.15) is 5.10 Å². The Morgan fingerprint density at radius 1 is 1.35 bits per heavy atom. The maximum absolute atomic E-state index is 12.1. The van der Waals surface area contributed by atoms with Gasteiger partial charge in [0.25, 0.3) is 0 Å². The molecule has 2 amide bonds. The summed E-state index contributed by atoms with van der Waals surface area (Å²) < 4.78 is 1.81. The molecule has 2 heterocycles. The minimum Gasteiger partial charge on any atom is -0.394 e. The summed E-state index contributed by atoms with van der Waals surface area (Å²) in [5, 5.41) is 16.4. The number of aliphatic hydroxyl groups excluding tert-OH is 1. The first-order chi connectivity index (χ1) is 11.3. The molecule has 0 radical (unpaired) electrons. The van der Waals surface area contributed by atoms with Crippen molar-refractivity contribution in [3.8, 4) is 5.69 Å². The molecule has 0 aliphatic carbocycles.